The Morgan fingerprint density at radius 2 is 1.89 bits per heavy atom. The van der Waals surface area contributed by atoms with Crippen molar-refractivity contribution in [2.24, 2.45) is 4.99 Å². The van der Waals surface area contributed by atoms with Gasteiger partial charge in [0.1, 0.15) is 0 Å². The van der Waals surface area contributed by atoms with Gasteiger partial charge in [0.25, 0.3) is 0 Å². The highest BCUT2D eigenvalue weighted by molar-refractivity contribution is 14.0. The predicted molar refractivity (Wildman–Crippen MR) is 120 cm³/mol. The average Bonchev–Trinajstić information content (AvgIpc) is 2.92. The molecule has 3 rings (SSSR count). The SMILES string of the molecule is CN=C(NCCCOC1CCCCC1)Nc1ccc2c(c1)OCCCO2.I. The largest absolute Gasteiger partial charge is 0.490 e. The molecule has 0 saturated heterocycles. The second-order valence-electron chi connectivity index (χ2n) is 6.82. The molecular formula is C20H32IN3O3. The summed E-state index contributed by atoms with van der Waals surface area (Å²) in [6.45, 7) is 3.02. The van der Waals surface area contributed by atoms with Crippen molar-refractivity contribution in [3.8, 4) is 11.5 Å². The first-order valence-corrected chi connectivity index (χ1v) is 9.84. The highest BCUT2D eigenvalue weighted by Crippen LogP contribution is 2.32. The van der Waals surface area contributed by atoms with Gasteiger partial charge in [-0.15, -0.1) is 24.0 Å². The van der Waals surface area contributed by atoms with Crippen molar-refractivity contribution in [2.75, 3.05) is 38.7 Å². The number of hydrogen-bond acceptors (Lipinski definition) is 4. The topological polar surface area (TPSA) is 64.1 Å². The van der Waals surface area contributed by atoms with Gasteiger partial charge >= 0.3 is 0 Å². The van der Waals surface area contributed by atoms with Gasteiger partial charge in [-0.1, -0.05) is 19.3 Å². The Kier molecular flexibility index (Phi) is 10.0. The Bertz CT molecular complexity index is 592. The van der Waals surface area contributed by atoms with E-state index >= 15 is 0 Å². The number of benzene rings is 1. The molecular weight excluding hydrogens is 457 g/mol. The summed E-state index contributed by atoms with van der Waals surface area (Å²) in [7, 11) is 1.77. The molecule has 6 nitrogen and oxygen atoms in total. The van der Waals surface area contributed by atoms with Crippen molar-refractivity contribution >= 4 is 35.6 Å². The molecule has 152 valence electrons. The van der Waals surface area contributed by atoms with Gasteiger partial charge in [-0.3, -0.25) is 4.99 Å². The van der Waals surface area contributed by atoms with Gasteiger partial charge in [0.2, 0.25) is 0 Å². The summed E-state index contributed by atoms with van der Waals surface area (Å²) >= 11 is 0. The van der Waals surface area contributed by atoms with Crippen LogP contribution in [0, 0.1) is 0 Å². The van der Waals surface area contributed by atoms with Gasteiger partial charge in [-0.25, -0.2) is 0 Å². The van der Waals surface area contributed by atoms with E-state index in [1.54, 1.807) is 7.05 Å². The fourth-order valence-corrected chi connectivity index (χ4v) is 3.32. The zero-order valence-corrected chi connectivity index (χ0v) is 18.5. The molecule has 0 bridgehead atoms. The van der Waals surface area contributed by atoms with Crippen LogP contribution in [0.4, 0.5) is 5.69 Å². The molecule has 0 amide bonds. The van der Waals surface area contributed by atoms with Gasteiger partial charge in [0.05, 0.1) is 19.3 Å². The highest BCUT2D eigenvalue weighted by atomic mass is 127. The summed E-state index contributed by atoms with van der Waals surface area (Å²) in [4.78, 5) is 4.28. The maximum absolute atomic E-state index is 5.96. The van der Waals surface area contributed by atoms with Crippen molar-refractivity contribution in [3.63, 3.8) is 0 Å². The van der Waals surface area contributed by atoms with E-state index in [1.165, 1.54) is 32.1 Å². The quantitative estimate of drug-likeness (QED) is 0.272. The number of guanidine groups is 1. The fourth-order valence-electron chi connectivity index (χ4n) is 3.32. The molecule has 1 aliphatic carbocycles. The van der Waals surface area contributed by atoms with Crippen LogP contribution in [-0.2, 0) is 4.74 Å². The smallest absolute Gasteiger partial charge is 0.195 e. The molecule has 1 aromatic carbocycles. The number of hydrogen-bond donors (Lipinski definition) is 2. The molecule has 7 heteroatoms. The summed E-state index contributed by atoms with van der Waals surface area (Å²) in [6, 6.07) is 5.88. The normalized spacial score (nSPS) is 17.6. The van der Waals surface area contributed by atoms with Crippen LogP contribution in [-0.4, -0.2) is 45.5 Å². The van der Waals surface area contributed by atoms with E-state index in [1.807, 2.05) is 18.2 Å². The summed E-state index contributed by atoms with van der Waals surface area (Å²) in [5, 5.41) is 6.64. The van der Waals surface area contributed by atoms with Gasteiger partial charge in [0.15, 0.2) is 17.5 Å². The van der Waals surface area contributed by atoms with Crippen LogP contribution >= 0.6 is 24.0 Å². The van der Waals surface area contributed by atoms with Crippen LogP contribution < -0.4 is 20.1 Å². The van der Waals surface area contributed by atoms with E-state index < -0.39 is 0 Å². The lowest BCUT2D eigenvalue weighted by atomic mass is 9.98. The molecule has 27 heavy (non-hydrogen) atoms. The summed E-state index contributed by atoms with van der Waals surface area (Å²) < 4.78 is 17.4. The summed E-state index contributed by atoms with van der Waals surface area (Å²) in [5.74, 6) is 2.33. The Morgan fingerprint density at radius 1 is 1.11 bits per heavy atom. The molecule has 0 unspecified atom stereocenters. The fraction of sp³-hybridized carbons (Fsp3) is 0.650. The number of halogens is 1. The Hall–Kier alpha value is -1.22. The number of fused-ring (bicyclic) bond motifs is 1. The van der Waals surface area contributed by atoms with Crippen molar-refractivity contribution in [3.05, 3.63) is 18.2 Å². The highest BCUT2D eigenvalue weighted by Gasteiger charge is 2.13. The molecule has 0 atom stereocenters. The second kappa shape index (κ2) is 12.3. The standard InChI is InChI=1S/C20H31N3O3.HI/c1-21-20(22-11-5-12-24-17-7-3-2-4-8-17)23-16-9-10-18-19(15-16)26-14-6-13-25-18;/h9-10,15,17H,2-8,11-14H2,1H3,(H2,21,22,23);1H. The lowest BCUT2D eigenvalue weighted by molar-refractivity contribution is 0.0277. The Labute approximate surface area is 179 Å². The van der Waals surface area contributed by atoms with Gasteiger partial charge in [-0.05, 0) is 31.4 Å². The molecule has 1 saturated carbocycles. The van der Waals surface area contributed by atoms with E-state index in [0.29, 0.717) is 19.3 Å². The van der Waals surface area contributed by atoms with Crippen LogP contribution in [0.3, 0.4) is 0 Å². The number of aliphatic imine (C=N–C) groups is 1. The molecule has 2 aliphatic rings. The maximum atomic E-state index is 5.96. The third kappa shape index (κ3) is 7.37. The van der Waals surface area contributed by atoms with Gasteiger partial charge in [-0.2, -0.15) is 0 Å². The van der Waals surface area contributed by atoms with Gasteiger partial charge < -0.3 is 24.8 Å². The minimum atomic E-state index is 0. The molecule has 1 heterocycles. The molecule has 0 spiro atoms. The molecule has 1 aromatic rings. The van der Waals surface area contributed by atoms with E-state index in [0.717, 1.165) is 49.1 Å². The summed E-state index contributed by atoms with van der Waals surface area (Å²) in [6.07, 6.45) is 8.79. The van der Waals surface area contributed by atoms with Crippen molar-refractivity contribution in [1.29, 1.82) is 0 Å². The minimum absolute atomic E-state index is 0. The first-order valence-electron chi connectivity index (χ1n) is 9.84. The third-order valence-corrected chi connectivity index (χ3v) is 4.75. The minimum Gasteiger partial charge on any atom is -0.490 e. The second-order valence-corrected chi connectivity index (χ2v) is 6.82. The number of rotatable bonds is 6. The Balaban J connectivity index is 0.00000261. The van der Waals surface area contributed by atoms with Crippen molar-refractivity contribution in [2.45, 2.75) is 51.0 Å². The van der Waals surface area contributed by atoms with E-state index in [9.17, 15) is 0 Å². The zero-order chi connectivity index (χ0) is 18.0. The Morgan fingerprint density at radius 3 is 2.67 bits per heavy atom. The number of nitrogens with one attached hydrogen (secondary N) is 2. The number of ether oxygens (including phenoxy) is 3. The maximum Gasteiger partial charge on any atom is 0.195 e. The molecule has 2 N–H and O–H groups in total. The lowest BCUT2D eigenvalue weighted by Crippen LogP contribution is -2.32. The van der Waals surface area contributed by atoms with Crippen LogP contribution in [0.1, 0.15) is 44.9 Å². The molecule has 1 aliphatic heterocycles. The van der Waals surface area contributed by atoms with Crippen molar-refractivity contribution in [1.82, 2.24) is 5.32 Å². The van der Waals surface area contributed by atoms with Crippen molar-refractivity contribution < 1.29 is 14.2 Å². The molecule has 0 aromatic heterocycles. The van der Waals surface area contributed by atoms with Crippen LogP contribution in [0.5, 0.6) is 11.5 Å². The first kappa shape index (κ1) is 22.1. The monoisotopic (exact) mass is 489 g/mol. The first-order chi connectivity index (χ1) is 12.8. The third-order valence-electron chi connectivity index (χ3n) is 4.75. The van der Waals surface area contributed by atoms with E-state index in [2.05, 4.69) is 15.6 Å². The van der Waals surface area contributed by atoms with Crippen LogP contribution in [0.15, 0.2) is 23.2 Å². The number of anilines is 1. The molecule has 1 fully saturated rings. The van der Waals surface area contributed by atoms with Gasteiger partial charge in [0, 0.05) is 38.4 Å². The van der Waals surface area contributed by atoms with Crippen LogP contribution in [0.2, 0.25) is 0 Å². The van der Waals surface area contributed by atoms with Crippen LogP contribution in [0.25, 0.3) is 0 Å². The lowest BCUT2D eigenvalue weighted by Gasteiger charge is -2.22. The predicted octanol–water partition coefficient (Wildman–Crippen LogP) is 4.19. The average molecular weight is 489 g/mol. The zero-order valence-electron chi connectivity index (χ0n) is 16.2. The van der Waals surface area contributed by atoms with E-state index in [4.69, 9.17) is 14.2 Å². The molecule has 0 radical (unpaired) electrons. The summed E-state index contributed by atoms with van der Waals surface area (Å²) in [5.41, 5.74) is 0.931. The number of nitrogens with zero attached hydrogens (tertiary/aromatic N) is 1. The van der Waals surface area contributed by atoms with E-state index in [-0.39, 0.29) is 24.0 Å².